The van der Waals surface area contributed by atoms with Crippen LogP contribution in [0.15, 0.2) is 24.3 Å². The summed E-state index contributed by atoms with van der Waals surface area (Å²) in [5.41, 5.74) is -0.0449. The van der Waals surface area contributed by atoms with E-state index in [-0.39, 0.29) is 29.7 Å². The van der Waals surface area contributed by atoms with Crippen molar-refractivity contribution >= 4 is 17.9 Å². The summed E-state index contributed by atoms with van der Waals surface area (Å²) in [5, 5.41) is 24.8. The predicted molar refractivity (Wildman–Crippen MR) is 79.8 cm³/mol. The Labute approximate surface area is 143 Å². The van der Waals surface area contributed by atoms with Crippen LogP contribution in [0.4, 0.5) is 0 Å². The molecule has 0 spiro atoms. The molecule has 10 nitrogen and oxygen atoms in total. The van der Waals surface area contributed by atoms with Gasteiger partial charge in [0.15, 0.2) is 6.61 Å². The van der Waals surface area contributed by atoms with E-state index in [0.29, 0.717) is 19.3 Å². The molecule has 0 aliphatic carbocycles. The molecule has 0 atom stereocenters. The van der Waals surface area contributed by atoms with Crippen molar-refractivity contribution in [2.75, 3.05) is 13.2 Å². The summed E-state index contributed by atoms with van der Waals surface area (Å²) in [6, 6.07) is 5.85. The van der Waals surface area contributed by atoms with Crippen LogP contribution in [0.2, 0.25) is 0 Å². The predicted octanol–water partition coefficient (Wildman–Crippen LogP) is 1.41. The highest BCUT2D eigenvalue weighted by Crippen LogP contribution is 2.20. The third kappa shape index (κ3) is 8.77. The summed E-state index contributed by atoms with van der Waals surface area (Å²) in [6.45, 7) is -0.706. The number of carboxylic acid groups (broad SMARTS) is 1. The molecule has 0 bridgehead atoms. The molecule has 0 aliphatic heterocycles. The van der Waals surface area contributed by atoms with Gasteiger partial charge in [-0.1, -0.05) is 18.6 Å². The SMILES string of the molecule is O=C(O)COC(=O)c1ccccc1OC(=O)CCCCCON(O)O. The minimum Gasteiger partial charge on any atom is -0.479 e. The number of carbonyl (C=O) groups excluding carboxylic acids is 2. The Balaban J connectivity index is 2.44. The smallest absolute Gasteiger partial charge is 0.342 e. The number of benzene rings is 1. The van der Waals surface area contributed by atoms with E-state index in [2.05, 4.69) is 9.57 Å². The van der Waals surface area contributed by atoms with Crippen molar-refractivity contribution in [1.82, 2.24) is 5.39 Å². The molecule has 25 heavy (non-hydrogen) atoms. The van der Waals surface area contributed by atoms with Crippen molar-refractivity contribution in [2.24, 2.45) is 0 Å². The van der Waals surface area contributed by atoms with Gasteiger partial charge in [0, 0.05) is 6.42 Å². The molecule has 0 heterocycles. The first-order chi connectivity index (χ1) is 11.9. The lowest BCUT2D eigenvalue weighted by Crippen LogP contribution is -2.16. The number of hydrogen-bond donors (Lipinski definition) is 3. The first-order valence-corrected chi connectivity index (χ1v) is 7.39. The van der Waals surface area contributed by atoms with Crippen LogP contribution in [0.3, 0.4) is 0 Å². The average molecular weight is 357 g/mol. The molecule has 0 saturated carbocycles. The van der Waals surface area contributed by atoms with Crippen LogP contribution in [0.1, 0.15) is 36.0 Å². The van der Waals surface area contributed by atoms with Crippen LogP contribution in [0.5, 0.6) is 5.75 Å². The van der Waals surface area contributed by atoms with Gasteiger partial charge < -0.3 is 14.6 Å². The van der Waals surface area contributed by atoms with Crippen LogP contribution in [-0.4, -0.2) is 52.0 Å². The lowest BCUT2D eigenvalue weighted by molar-refractivity contribution is -0.492. The van der Waals surface area contributed by atoms with E-state index in [1.54, 1.807) is 6.07 Å². The minimum atomic E-state index is -1.29. The number of para-hydroxylation sites is 1. The monoisotopic (exact) mass is 357 g/mol. The molecule has 0 fully saturated rings. The van der Waals surface area contributed by atoms with E-state index < -0.39 is 24.5 Å². The third-order valence-electron chi connectivity index (χ3n) is 2.89. The average Bonchev–Trinajstić information content (AvgIpc) is 2.56. The van der Waals surface area contributed by atoms with Gasteiger partial charge in [-0.3, -0.25) is 20.0 Å². The number of esters is 2. The highest BCUT2D eigenvalue weighted by Gasteiger charge is 2.17. The number of rotatable bonds is 11. The number of unbranched alkanes of at least 4 members (excludes halogenated alkanes) is 2. The van der Waals surface area contributed by atoms with E-state index in [9.17, 15) is 14.4 Å². The van der Waals surface area contributed by atoms with Crippen LogP contribution >= 0.6 is 0 Å². The van der Waals surface area contributed by atoms with Crippen molar-refractivity contribution in [2.45, 2.75) is 25.7 Å². The summed E-state index contributed by atoms with van der Waals surface area (Å²) in [4.78, 5) is 38.4. The largest absolute Gasteiger partial charge is 0.479 e. The molecule has 1 aromatic carbocycles. The molecule has 0 aromatic heterocycles. The zero-order valence-corrected chi connectivity index (χ0v) is 13.3. The first kappa shape index (κ1) is 20.5. The first-order valence-electron chi connectivity index (χ1n) is 7.39. The Hall–Kier alpha value is -2.53. The number of nitrogens with zero attached hydrogens (tertiary/aromatic N) is 1. The van der Waals surface area contributed by atoms with Crippen molar-refractivity contribution in [3.05, 3.63) is 29.8 Å². The van der Waals surface area contributed by atoms with Crippen molar-refractivity contribution in [3.8, 4) is 5.75 Å². The number of hydrogen-bond acceptors (Lipinski definition) is 9. The molecule has 0 radical (unpaired) electrons. The molecule has 0 unspecified atom stereocenters. The number of carboxylic acids is 1. The van der Waals surface area contributed by atoms with Gasteiger partial charge in [0.2, 0.25) is 0 Å². The van der Waals surface area contributed by atoms with E-state index in [4.69, 9.17) is 20.3 Å². The number of ether oxygens (including phenoxy) is 2. The Kier molecular flexibility index (Phi) is 9.11. The minimum absolute atomic E-state index is 0.0116. The summed E-state index contributed by atoms with van der Waals surface area (Å²) in [5.74, 6) is -2.77. The molecule has 0 aliphatic rings. The summed E-state index contributed by atoms with van der Waals surface area (Å²) >= 11 is 0. The highest BCUT2D eigenvalue weighted by atomic mass is 17.1. The molecule has 0 amide bonds. The molecule has 1 aromatic rings. The lowest BCUT2D eigenvalue weighted by Gasteiger charge is -2.09. The molecular formula is C15H19NO9. The van der Waals surface area contributed by atoms with E-state index in [1.807, 2.05) is 0 Å². The summed E-state index contributed by atoms with van der Waals surface area (Å²) < 4.78 is 9.68. The van der Waals surface area contributed by atoms with E-state index in [1.165, 1.54) is 18.2 Å². The third-order valence-corrected chi connectivity index (χ3v) is 2.89. The molecular weight excluding hydrogens is 338 g/mol. The maximum Gasteiger partial charge on any atom is 0.342 e. The van der Waals surface area contributed by atoms with Crippen molar-refractivity contribution in [1.29, 1.82) is 0 Å². The van der Waals surface area contributed by atoms with Gasteiger partial charge in [0.1, 0.15) is 11.3 Å². The second-order valence-electron chi connectivity index (χ2n) is 4.84. The zero-order chi connectivity index (χ0) is 18.7. The fourth-order valence-electron chi connectivity index (χ4n) is 1.80. The van der Waals surface area contributed by atoms with Gasteiger partial charge in [0.05, 0.1) is 12.0 Å². The van der Waals surface area contributed by atoms with Gasteiger partial charge in [-0.05, 0) is 25.0 Å². The highest BCUT2D eigenvalue weighted by molar-refractivity contribution is 5.94. The molecule has 10 heteroatoms. The Bertz CT molecular complexity index is 588. The van der Waals surface area contributed by atoms with Gasteiger partial charge in [-0.2, -0.15) is 0 Å². The lowest BCUT2D eigenvalue weighted by atomic mass is 10.2. The Morgan fingerprint density at radius 3 is 2.44 bits per heavy atom. The molecule has 1 rings (SSSR count). The van der Waals surface area contributed by atoms with Gasteiger partial charge in [0.25, 0.3) is 0 Å². The maximum absolute atomic E-state index is 11.8. The molecule has 3 N–H and O–H groups in total. The second kappa shape index (κ2) is 11.1. The van der Waals surface area contributed by atoms with Crippen LogP contribution in [-0.2, 0) is 19.2 Å². The van der Waals surface area contributed by atoms with Gasteiger partial charge in [-0.25, -0.2) is 9.59 Å². The standard InChI is InChI=1S/C15H19NO9/c17-13(18)10-23-15(20)11-6-3-4-7-12(11)25-14(19)8-2-1-5-9-24-16(21)22/h3-4,6-7,21-22H,1-2,5,8-10H2,(H,17,18). The number of aliphatic carboxylic acids is 1. The fourth-order valence-corrected chi connectivity index (χ4v) is 1.80. The molecule has 138 valence electrons. The second-order valence-corrected chi connectivity index (χ2v) is 4.84. The number of carbonyl (C=O) groups is 3. The van der Waals surface area contributed by atoms with Gasteiger partial charge in [-0.15, -0.1) is 0 Å². The zero-order valence-electron chi connectivity index (χ0n) is 13.3. The summed E-state index contributed by atoms with van der Waals surface area (Å²) in [7, 11) is 0. The molecule has 0 saturated heterocycles. The Morgan fingerprint density at radius 1 is 1.04 bits per heavy atom. The van der Waals surface area contributed by atoms with Gasteiger partial charge >= 0.3 is 17.9 Å². The van der Waals surface area contributed by atoms with E-state index in [0.717, 1.165) is 0 Å². The van der Waals surface area contributed by atoms with Crippen LogP contribution in [0.25, 0.3) is 0 Å². The van der Waals surface area contributed by atoms with Crippen LogP contribution < -0.4 is 4.74 Å². The normalized spacial score (nSPS) is 10.5. The summed E-state index contributed by atoms with van der Waals surface area (Å²) in [6.07, 6.45) is 1.65. The van der Waals surface area contributed by atoms with Crippen LogP contribution in [0, 0.1) is 0 Å². The quantitative estimate of drug-likeness (QED) is 0.230. The maximum atomic E-state index is 11.8. The van der Waals surface area contributed by atoms with Crippen molar-refractivity contribution < 1.29 is 44.2 Å². The fraction of sp³-hybridized carbons (Fsp3) is 0.400. The van der Waals surface area contributed by atoms with Crippen molar-refractivity contribution in [3.63, 3.8) is 0 Å². The topological polar surface area (TPSA) is 143 Å². The Morgan fingerprint density at radius 2 is 1.76 bits per heavy atom. The van der Waals surface area contributed by atoms with E-state index >= 15 is 0 Å².